The van der Waals surface area contributed by atoms with Crippen LogP contribution in [-0.4, -0.2) is 61.5 Å². The molecular formula is C25H31ClN2O4. The van der Waals surface area contributed by atoms with E-state index in [4.69, 9.17) is 21.1 Å². The van der Waals surface area contributed by atoms with Crippen molar-refractivity contribution >= 4 is 23.4 Å². The van der Waals surface area contributed by atoms with Gasteiger partial charge in [-0.05, 0) is 37.0 Å². The van der Waals surface area contributed by atoms with Gasteiger partial charge in [0, 0.05) is 38.2 Å². The van der Waals surface area contributed by atoms with E-state index in [9.17, 15) is 9.59 Å². The van der Waals surface area contributed by atoms with E-state index in [1.54, 1.807) is 17.0 Å². The molecule has 2 amide bonds. The summed E-state index contributed by atoms with van der Waals surface area (Å²) in [6.45, 7) is 4.60. The molecule has 1 saturated heterocycles. The third kappa shape index (κ3) is 6.16. The van der Waals surface area contributed by atoms with Crippen LogP contribution in [0.1, 0.15) is 42.1 Å². The van der Waals surface area contributed by atoms with Crippen molar-refractivity contribution in [2.75, 3.05) is 39.9 Å². The number of halogens is 1. The van der Waals surface area contributed by atoms with Gasteiger partial charge in [0.1, 0.15) is 0 Å². The Morgan fingerprint density at radius 1 is 1.03 bits per heavy atom. The highest BCUT2D eigenvalue weighted by molar-refractivity contribution is 6.32. The highest BCUT2D eigenvalue weighted by atomic mass is 35.5. The highest BCUT2D eigenvalue weighted by Crippen LogP contribution is 2.37. The van der Waals surface area contributed by atoms with Gasteiger partial charge in [0.2, 0.25) is 5.91 Å². The first kappa shape index (κ1) is 23.9. The van der Waals surface area contributed by atoms with Gasteiger partial charge >= 0.3 is 0 Å². The molecule has 0 spiro atoms. The largest absolute Gasteiger partial charge is 0.493 e. The van der Waals surface area contributed by atoms with Crippen LogP contribution in [0.2, 0.25) is 5.02 Å². The number of benzene rings is 2. The molecule has 0 bridgehead atoms. The summed E-state index contributed by atoms with van der Waals surface area (Å²) in [5.41, 5.74) is 1.70. The molecule has 0 N–H and O–H groups in total. The monoisotopic (exact) mass is 458 g/mol. The lowest BCUT2D eigenvalue weighted by molar-refractivity contribution is -0.132. The van der Waals surface area contributed by atoms with Crippen LogP contribution < -0.4 is 9.47 Å². The summed E-state index contributed by atoms with van der Waals surface area (Å²) in [5, 5.41) is 0.355. The second-order valence-electron chi connectivity index (χ2n) is 7.85. The van der Waals surface area contributed by atoms with Crippen LogP contribution in [-0.2, 0) is 11.2 Å². The lowest BCUT2D eigenvalue weighted by atomic mass is 10.1. The number of carbonyl (C=O) groups excluding carboxylic acids is 2. The summed E-state index contributed by atoms with van der Waals surface area (Å²) in [4.78, 5) is 29.2. The maximum absolute atomic E-state index is 13.0. The smallest absolute Gasteiger partial charge is 0.254 e. The van der Waals surface area contributed by atoms with Crippen molar-refractivity contribution in [3.05, 3.63) is 58.6 Å². The van der Waals surface area contributed by atoms with E-state index >= 15 is 0 Å². The van der Waals surface area contributed by atoms with Crippen molar-refractivity contribution < 1.29 is 19.1 Å². The summed E-state index contributed by atoms with van der Waals surface area (Å²) in [6, 6.07) is 13.5. The number of ether oxygens (including phenoxy) is 2. The quantitative estimate of drug-likeness (QED) is 0.557. The summed E-state index contributed by atoms with van der Waals surface area (Å²) in [5.74, 6) is 0.929. The zero-order valence-electron chi connectivity index (χ0n) is 18.8. The molecule has 0 radical (unpaired) electrons. The Balaban J connectivity index is 1.52. The molecule has 2 aromatic rings. The molecule has 0 saturated carbocycles. The summed E-state index contributed by atoms with van der Waals surface area (Å²) in [7, 11) is 1.53. The molecule has 1 heterocycles. The molecule has 1 aliphatic rings. The fourth-order valence-corrected chi connectivity index (χ4v) is 4.04. The van der Waals surface area contributed by atoms with Crippen molar-refractivity contribution in [2.24, 2.45) is 0 Å². The van der Waals surface area contributed by atoms with Gasteiger partial charge in [0.25, 0.3) is 5.91 Å². The molecule has 0 unspecified atom stereocenters. The van der Waals surface area contributed by atoms with Crippen LogP contribution in [0.5, 0.6) is 11.5 Å². The Kier molecular flexibility index (Phi) is 8.80. The van der Waals surface area contributed by atoms with Gasteiger partial charge in [-0.25, -0.2) is 0 Å². The van der Waals surface area contributed by atoms with E-state index in [1.807, 2.05) is 30.0 Å². The zero-order chi connectivity index (χ0) is 22.9. The first-order valence-corrected chi connectivity index (χ1v) is 11.5. The van der Waals surface area contributed by atoms with E-state index in [-0.39, 0.29) is 11.8 Å². The first-order valence-electron chi connectivity index (χ1n) is 11.1. The zero-order valence-corrected chi connectivity index (χ0v) is 19.6. The van der Waals surface area contributed by atoms with E-state index in [2.05, 4.69) is 12.1 Å². The number of aryl methyl sites for hydroxylation is 1. The third-order valence-corrected chi connectivity index (χ3v) is 5.83. The third-order valence-electron chi connectivity index (χ3n) is 5.55. The van der Waals surface area contributed by atoms with E-state index in [1.165, 1.54) is 12.7 Å². The molecular weight excluding hydrogens is 428 g/mol. The van der Waals surface area contributed by atoms with Crippen molar-refractivity contribution in [1.82, 2.24) is 9.80 Å². The standard InChI is InChI=1S/C25H31ClN2O4/c1-3-16-32-24-21(26)17-20(18-22(24)31-2)25(30)28-14-12-27(13-15-28)23(29)11-7-10-19-8-5-4-6-9-19/h4-6,8-9,17-18H,3,7,10-16H2,1-2H3. The van der Waals surface area contributed by atoms with Gasteiger partial charge in [-0.2, -0.15) is 0 Å². The van der Waals surface area contributed by atoms with Gasteiger partial charge in [-0.1, -0.05) is 48.9 Å². The van der Waals surface area contributed by atoms with Crippen molar-refractivity contribution in [3.63, 3.8) is 0 Å². The van der Waals surface area contributed by atoms with Gasteiger partial charge in [-0.3, -0.25) is 9.59 Å². The van der Waals surface area contributed by atoms with Gasteiger partial charge in [-0.15, -0.1) is 0 Å². The number of piperazine rings is 1. The van der Waals surface area contributed by atoms with Crippen LogP contribution in [0, 0.1) is 0 Å². The predicted molar refractivity (Wildman–Crippen MR) is 126 cm³/mol. The first-order chi connectivity index (χ1) is 15.5. The summed E-state index contributed by atoms with van der Waals surface area (Å²) >= 11 is 6.36. The molecule has 7 heteroatoms. The second-order valence-corrected chi connectivity index (χ2v) is 8.26. The number of amides is 2. The van der Waals surface area contributed by atoms with Crippen molar-refractivity contribution in [1.29, 1.82) is 0 Å². The molecule has 0 aromatic heterocycles. The van der Waals surface area contributed by atoms with Crippen molar-refractivity contribution in [3.8, 4) is 11.5 Å². The number of carbonyl (C=O) groups is 2. The van der Waals surface area contributed by atoms with Crippen LogP contribution in [0.3, 0.4) is 0 Å². The number of hydrogen-bond acceptors (Lipinski definition) is 4. The summed E-state index contributed by atoms with van der Waals surface area (Å²) < 4.78 is 11.0. The van der Waals surface area contributed by atoms with E-state index in [0.717, 1.165) is 19.3 Å². The van der Waals surface area contributed by atoms with Crippen LogP contribution in [0.15, 0.2) is 42.5 Å². The van der Waals surface area contributed by atoms with Gasteiger partial charge in [0.05, 0.1) is 18.7 Å². The fraction of sp³-hybridized carbons (Fsp3) is 0.440. The Hall–Kier alpha value is -2.73. The normalized spacial score (nSPS) is 13.7. The average Bonchev–Trinajstić information content (AvgIpc) is 2.83. The van der Waals surface area contributed by atoms with Gasteiger partial charge in [0.15, 0.2) is 11.5 Å². The molecule has 6 nitrogen and oxygen atoms in total. The topological polar surface area (TPSA) is 59.1 Å². The Morgan fingerprint density at radius 3 is 2.38 bits per heavy atom. The second kappa shape index (κ2) is 11.8. The molecule has 0 aliphatic carbocycles. The SMILES string of the molecule is CCCOc1c(Cl)cc(C(=O)N2CCN(C(=O)CCCc3ccccc3)CC2)cc1OC. The Bertz CT molecular complexity index is 912. The molecule has 32 heavy (non-hydrogen) atoms. The average molecular weight is 459 g/mol. The van der Waals surface area contributed by atoms with Crippen LogP contribution >= 0.6 is 11.6 Å². The summed E-state index contributed by atoms with van der Waals surface area (Å²) in [6.07, 6.45) is 3.09. The molecule has 3 rings (SSSR count). The lowest BCUT2D eigenvalue weighted by Gasteiger charge is -2.35. The van der Waals surface area contributed by atoms with Crippen LogP contribution in [0.25, 0.3) is 0 Å². The minimum Gasteiger partial charge on any atom is -0.493 e. The van der Waals surface area contributed by atoms with Gasteiger partial charge < -0.3 is 19.3 Å². The highest BCUT2D eigenvalue weighted by Gasteiger charge is 2.26. The minimum absolute atomic E-state index is 0.122. The maximum Gasteiger partial charge on any atom is 0.254 e. The number of nitrogens with zero attached hydrogens (tertiary/aromatic N) is 2. The molecule has 1 fully saturated rings. The van der Waals surface area contributed by atoms with Crippen LogP contribution in [0.4, 0.5) is 0 Å². The lowest BCUT2D eigenvalue weighted by Crippen LogP contribution is -2.50. The maximum atomic E-state index is 13.0. The predicted octanol–water partition coefficient (Wildman–Crippen LogP) is 4.44. The molecule has 0 atom stereocenters. The molecule has 1 aliphatic heterocycles. The molecule has 172 valence electrons. The Labute approximate surface area is 195 Å². The minimum atomic E-state index is -0.122. The van der Waals surface area contributed by atoms with E-state index < -0.39 is 0 Å². The number of hydrogen-bond donors (Lipinski definition) is 0. The number of methoxy groups -OCH3 is 1. The van der Waals surface area contributed by atoms with Crippen molar-refractivity contribution in [2.45, 2.75) is 32.6 Å². The van der Waals surface area contributed by atoms with E-state index in [0.29, 0.717) is 61.3 Å². The Morgan fingerprint density at radius 2 is 1.72 bits per heavy atom. The fourth-order valence-electron chi connectivity index (χ4n) is 3.78. The number of rotatable bonds is 9. The molecule has 2 aromatic carbocycles.